The van der Waals surface area contributed by atoms with Gasteiger partial charge in [-0.05, 0) is 38.1 Å². The van der Waals surface area contributed by atoms with Crippen molar-refractivity contribution >= 4 is 0 Å². The van der Waals surface area contributed by atoms with Crippen LogP contribution in [0.4, 0.5) is 4.39 Å². The predicted octanol–water partition coefficient (Wildman–Crippen LogP) is 2.07. The van der Waals surface area contributed by atoms with Gasteiger partial charge in [0.15, 0.2) is 0 Å². The van der Waals surface area contributed by atoms with Gasteiger partial charge in [-0.25, -0.2) is 4.98 Å². The number of hydrogen-bond acceptors (Lipinski definition) is 4. The molecule has 4 nitrogen and oxygen atoms in total. The van der Waals surface area contributed by atoms with E-state index >= 15 is 0 Å². The number of aromatic nitrogens is 2. The summed E-state index contributed by atoms with van der Waals surface area (Å²) in [6.07, 6.45) is 6.02. The summed E-state index contributed by atoms with van der Waals surface area (Å²) in [6.45, 7) is 2.78. The van der Waals surface area contributed by atoms with E-state index < -0.39 is 5.82 Å². The van der Waals surface area contributed by atoms with Gasteiger partial charge >= 0.3 is 0 Å². The van der Waals surface area contributed by atoms with E-state index in [0.717, 1.165) is 12.8 Å². The van der Waals surface area contributed by atoms with Crippen molar-refractivity contribution in [3.05, 3.63) is 17.8 Å². The summed E-state index contributed by atoms with van der Waals surface area (Å²) in [7, 11) is 0. The van der Waals surface area contributed by atoms with Gasteiger partial charge in [0, 0.05) is 0 Å². The van der Waals surface area contributed by atoms with Crippen LogP contribution in [0.5, 0.6) is 5.88 Å². The third-order valence-electron chi connectivity index (χ3n) is 3.74. The van der Waals surface area contributed by atoms with Crippen molar-refractivity contribution in [1.29, 1.82) is 0 Å². The van der Waals surface area contributed by atoms with Crippen molar-refractivity contribution in [2.75, 3.05) is 13.2 Å². The first-order valence-corrected chi connectivity index (χ1v) is 6.52. The van der Waals surface area contributed by atoms with Gasteiger partial charge in [-0.3, -0.25) is 0 Å². The summed E-state index contributed by atoms with van der Waals surface area (Å²) < 4.78 is 19.2. The molecule has 0 radical (unpaired) electrons. The summed E-state index contributed by atoms with van der Waals surface area (Å²) >= 11 is 0. The molecule has 5 heteroatoms. The zero-order chi connectivity index (χ0) is 13.0. The molecule has 18 heavy (non-hydrogen) atoms. The molecule has 1 saturated carbocycles. The fraction of sp³-hybridized carbons (Fsp3) is 0.692. The predicted molar refractivity (Wildman–Crippen MR) is 66.7 cm³/mol. The van der Waals surface area contributed by atoms with Crippen LogP contribution in [0.25, 0.3) is 0 Å². The summed E-state index contributed by atoms with van der Waals surface area (Å²) in [5.74, 6) is 0.504. The molecule has 1 aromatic heterocycles. The maximum Gasteiger partial charge on any atom is 0.253 e. The average Bonchev–Trinajstić information content (AvgIpc) is 2.41. The molecule has 0 aliphatic heterocycles. The smallest absolute Gasteiger partial charge is 0.253 e. The first-order valence-electron chi connectivity index (χ1n) is 6.52. The second-order valence-electron chi connectivity index (χ2n) is 4.93. The second-order valence-corrected chi connectivity index (χ2v) is 4.93. The zero-order valence-electron chi connectivity index (χ0n) is 10.7. The first-order chi connectivity index (χ1) is 8.72. The van der Waals surface area contributed by atoms with Gasteiger partial charge < -0.3 is 10.5 Å². The molecule has 1 heterocycles. The van der Waals surface area contributed by atoms with E-state index in [2.05, 4.69) is 9.97 Å². The minimum atomic E-state index is -0.461. The largest absolute Gasteiger partial charge is 0.475 e. The third-order valence-corrected chi connectivity index (χ3v) is 3.74. The summed E-state index contributed by atoms with van der Waals surface area (Å²) in [5.41, 5.74) is 6.08. The Kier molecular flexibility index (Phi) is 4.47. The highest BCUT2D eigenvalue weighted by Gasteiger charge is 2.25. The minimum Gasteiger partial charge on any atom is -0.475 e. The monoisotopic (exact) mass is 253 g/mol. The number of hydrogen-bond donors (Lipinski definition) is 1. The number of rotatable bonds is 4. The highest BCUT2D eigenvalue weighted by Crippen LogP contribution is 2.30. The Morgan fingerprint density at radius 1 is 1.33 bits per heavy atom. The van der Waals surface area contributed by atoms with E-state index in [0.29, 0.717) is 30.7 Å². The molecule has 1 aromatic rings. The number of nitrogens with two attached hydrogens (primary N) is 1. The van der Waals surface area contributed by atoms with Crippen LogP contribution in [-0.4, -0.2) is 23.1 Å². The lowest BCUT2D eigenvalue weighted by Crippen LogP contribution is -2.31. The van der Waals surface area contributed by atoms with Crippen molar-refractivity contribution < 1.29 is 9.13 Å². The Morgan fingerprint density at radius 2 is 2.06 bits per heavy atom. The maximum atomic E-state index is 13.7. The first kappa shape index (κ1) is 13.2. The van der Waals surface area contributed by atoms with Crippen LogP contribution >= 0.6 is 0 Å². The van der Waals surface area contributed by atoms with Crippen molar-refractivity contribution in [2.45, 2.75) is 32.6 Å². The number of ether oxygens (including phenoxy) is 1. The van der Waals surface area contributed by atoms with Crippen LogP contribution in [0.3, 0.4) is 0 Å². The van der Waals surface area contributed by atoms with E-state index in [-0.39, 0.29) is 5.88 Å². The van der Waals surface area contributed by atoms with Gasteiger partial charge in [0.05, 0.1) is 12.3 Å². The standard InChI is InChI=1S/C13H20FN3O/c1-9-12(14)13(17-8-16-9)18-7-11-5-3-2-4-10(11)6-15/h8,10-11H,2-7,15H2,1H3. The van der Waals surface area contributed by atoms with Crippen molar-refractivity contribution in [1.82, 2.24) is 9.97 Å². The molecule has 1 aliphatic rings. The molecule has 0 saturated heterocycles. The molecule has 1 aliphatic carbocycles. The van der Waals surface area contributed by atoms with Crippen molar-refractivity contribution in [3.63, 3.8) is 0 Å². The SMILES string of the molecule is Cc1ncnc(OCC2CCCCC2CN)c1F. The molecule has 2 unspecified atom stereocenters. The maximum absolute atomic E-state index is 13.7. The van der Waals surface area contributed by atoms with E-state index in [1.165, 1.54) is 19.2 Å². The summed E-state index contributed by atoms with van der Waals surface area (Å²) in [5, 5.41) is 0. The van der Waals surface area contributed by atoms with E-state index in [1.807, 2.05) is 0 Å². The van der Waals surface area contributed by atoms with Crippen LogP contribution < -0.4 is 10.5 Å². The Labute approximate surface area is 107 Å². The zero-order valence-corrected chi connectivity index (χ0v) is 10.7. The minimum absolute atomic E-state index is 0.0591. The van der Waals surface area contributed by atoms with E-state index in [4.69, 9.17) is 10.5 Å². The Hall–Kier alpha value is -1.23. The second kappa shape index (κ2) is 6.09. The van der Waals surface area contributed by atoms with Crippen LogP contribution in [-0.2, 0) is 0 Å². The average molecular weight is 253 g/mol. The molecule has 2 N–H and O–H groups in total. The van der Waals surface area contributed by atoms with Gasteiger partial charge in [0.2, 0.25) is 5.82 Å². The third kappa shape index (κ3) is 2.96. The van der Waals surface area contributed by atoms with Gasteiger partial charge in [-0.2, -0.15) is 9.37 Å². The number of halogens is 1. The van der Waals surface area contributed by atoms with Gasteiger partial charge in [0.25, 0.3) is 5.88 Å². The molecule has 0 aromatic carbocycles. The number of aryl methyl sites for hydroxylation is 1. The lowest BCUT2D eigenvalue weighted by Gasteiger charge is -2.30. The Bertz CT molecular complexity index is 400. The fourth-order valence-corrected chi connectivity index (χ4v) is 2.54. The van der Waals surface area contributed by atoms with Crippen LogP contribution in [0.2, 0.25) is 0 Å². The van der Waals surface area contributed by atoms with Crippen molar-refractivity contribution in [3.8, 4) is 5.88 Å². The Balaban J connectivity index is 1.96. The summed E-state index contributed by atoms with van der Waals surface area (Å²) in [6, 6.07) is 0. The normalized spacial score (nSPS) is 23.9. The number of nitrogens with zero attached hydrogens (tertiary/aromatic N) is 2. The quantitative estimate of drug-likeness (QED) is 0.892. The lowest BCUT2D eigenvalue weighted by atomic mass is 9.80. The molecule has 0 bridgehead atoms. The molecule has 2 atom stereocenters. The molecule has 0 spiro atoms. The van der Waals surface area contributed by atoms with Gasteiger partial charge in [0.1, 0.15) is 6.33 Å². The lowest BCUT2D eigenvalue weighted by molar-refractivity contribution is 0.145. The highest BCUT2D eigenvalue weighted by molar-refractivity contribution is 5.15. The van der Waals surface area contributed by atoms with Crippen LogP contribution in [0.15, 0.2) is 6.33 Å². The molecular formula is C13H20FN3O. The topological polar surface area (TPSA) is 61.0 Å². The molecule has 2 rings (SSSR count). The molecule has 100 valence electrons. The van der Waals surface area contributed by atoms with Gasteiger partial charge in [-0.15, -0.1) is 0 Å². The van der Waals surface area contributed by atoms with E-state index in [1.54, 1.807) is 6.92 Å². The highest BCUT2D eigenvalue weighted by atomic mass is 19.1. The van der Waals surface area contributed by atoms with Crippen LogP contribution in [0, 0.1) is 24.6 Å². The fourth-order valence-electron chi connectivity index (χ4n) is 2.54. The van der Waals surface area contributed by atoms with E-state index in [9.17, 15) is 4.39 Å². The molecule has 1 fully saturated rings. The summed E-state index contributed by atoms with van der Waals surface area (Å²) in [4.78, 5) is 7.61. The Morgan fingerprint density at radius 3 is 2.78 bits per heavy atom. The molecular weight excluding hydrogens is 233 g/mol. The van der Waals surface area contributed by atoms with Crippen molar-refractivity contribution in [2.24, 2.45) is 17.6 Å². The molecule has 0 amide bonds. The van der Waals surface area contributed by atoms with Gasteiger partial charge in [-0.1, -0.05) is 12.8 Å². The van der Waals surface area contributed by atoms with Crippen LogP contribution in [0.1, 0.15) is 31.4 Å².